The molecule has 0 radical (unpaired) electrons. The molecule has 0 bridgehead atoms. The van der Waals surface area contributed by atoms with Crippen LogP contribution in [0.15, 0.2) is 24.3 Å². The molecule has 3 aliphatic rings. The molecule has 0 unspecified atom stereocenters. The Hall–Kier alpha value is -2.12. The predicted octanol–water partition coefficient (Wildman–Crippen LogP) is 4.21. The predicted molar refractivity (Wildman–Crippen MR) is 141 cm³/mol. The Bertz CT molecular complexity index is 855. The number of para-hydroxylation sites is 1. The summed E-state index contributed by atoms with van der Waals surface area (Å²) in [4.78, 5) is 32.9. The highest BCUT2D eigenvalue weighted by Gasteiger charge is 2.39. The number of ether oxygens (including phenoxy) is 2. The molecule has 1 aromatic rings. The Balaban J connectivity index is 1.48. The molecule has 7 heteroatoms. The van der Waals surface area contributed by atoms with Crippen molar-refractivity contribution in [1.29, 1.82) is 0 Å². The molecule has 4 rings (SSSR count). The third-order valence-electron chi connectivity index (χ3n) is 8.09. The number of hydrogen-bond acceptors (Lipinski definition) is 5. The van der Waals surface area contributed by atoms with Crippen molar-refractivity contribution in [2.24, 2.45) is 5.92 Å². The summed E-state index contributed by atoms with van der Waals surface area (Å²) >= 11 is 0. The third-order valence-corrected chi connectivity index (χ3v) is 8.09. The first-order valence-electron chi connectivity index (χ1n) is 14.2. The third kappa shape index (κ3) is 7.22. The van der Waals surface area contributed by atoms with E-state index in [0.29, 0.717) is 49.9 Å². The van der Waals surface area contributed by atoms with Gasteiger partial charge in [0.05, 0.1) is 18.7 Å². The fraction of sp³-hybridized carbons (Fsp3) is 0.724. The van der Waals surface area contributed by atoms with Crippen LogP contribution in [0.3, 0.4) is 0 Å². The molecule has 0 aliphatic carbocycles. The maximum Gasteiger partial charge on any atom is 0.257 e. The maximum atomic E-state index is 13.4. The molecule has 36 heavy (non-hydrogen) atoms. The number of rotatable bonds is 3. The van der Waals surface area contributed by atoms with Crippen LogP contribution in [-0.4, -0.2) is 91.6 Å². The van der Waals surface area contributed by atoms with Crippen LogP contribution in [0.5, 0.6) is 5.75 Å². The van der Waals surface area contributed by atoms with Crippen molar-refractivity contribution < 1.29 is 19.1 Å². The fourth-order valence-electron chi connectivity index (χ4n) is 5.69. The van der Waals surface area contributed by atoms with E-state index in [2.05, 4.69) is 11.9 Å². The van der Waals surface area contributed by atoms with E-state index in [4.69, 9.17) is 9.47 Å². The molecule has 2 atom stereocenters. The second kappa shape index (κ2) is 13.4. The molecule has 2 fully saturated rings. The lowest BCUT2D eigenvalue weighted by molar-refractivity contribution is -0.132. The van der Waals surface area contributed by atoms with E-state index in [0.717, 1.165) is 58.2 Å². The number of likely N-dealkylation sites (tertiary alicyclic amines) is 2. The minimum Gasteiger partial charge on any atom is -0.485 e. The zero-order chi connectivity index (χ0) is 25.3. The van der Waals surface area contributed by atoms with E-state index in [9.17, 15) is 9.59 Å². The number of nitrogens with zero attached hydrogens (tertiary/aromatic N) is 3. The first-order valence-corrected chi connectivity index (χ1v) is 14.2. The first kappa shape index (κ1) is 26.9. The van der Waals surface area contributed by atoms with E-state index in [1.807, 2.05) is 41.0 Å². The SMILES string of the molecule is CCN1CCCCCCCCO[C@@H]2CN(C(=O)CC3CCN(C)CC3)C[C@H]2Oc2ccccc2C1=O. The van der Waals surface area contributed by atoms with Gasteiger partial charge in [0.2, 0.25) is 5.91 Å². The average Bonchev–Trinajstić information content (AvgIpc) is 3.28. The quantitative estimate of drug-likeness (QED) is 0.624. The zero-order valence-corrected chi connectivity index (χ0v) is 22.3. The Morgan fingerprint density at radius 2 is 1.64 bits per heavy atom. The number of piperidine rings is 1. The fourth-order valence-corrected chi connectivity index (χ4v) is 5.69. The van der Waals surface area contributed by atoms with Crippen LogP contribution in [0.25, 0.3) is 0 Å². The molecule has 2 amide bonds. The van der Waals surface area contributed by atoms with Crippen molar-refractivity contribution in [3.8, 4) is 5.75 Å². The van der Waals surface area contributed by atoms with Crippen molar-refractivity contribution in [2.45, 2.75) is 76.9 Å². The van der Waals surface area contributed by atoms with Crippen LogP contribution in [-0.2, 0) is 9.53 Å². The van der Waals surface area contributed by atoms with Crippen molar-refractivity contribution in [2.75, 3.05) is 52.9 Å². The summed E-state index contributed by atoms with van der Waals surface area (Å²) in [5.74, 6) is 1.28. The summed E-state index contributed by atoms with van der Waals surface area (Å²) in [5.41, 5.74) is 0.598. The van der Waals surface area contributed by atoms with Gasteiger partial charge in [-0.15, -0.1) is 0 Å². The highest BCUT2D eigenvalue weighted by atomic mass is 16.5. The molecular weight excluding hydrogens is 454 g/mol. The largest absolute Gasteiger partial charge is 0.485 e. The summed E-state index contributed by atoms with van der Waals surface area (Å²) < 4.78 is 12.8. The molecule has 0 spiro atoms. The van der Waals surface area contributed by atoms with Crippen molar-refractivity contribution in [3.63, 3.8) is 0 Å². The molecule has 0 saturated carbocycles. The number of fused-ring (bicyclic) bond motifs is 2. The van der Waals surface area contributed by atoms with Gasteiger partial charge in [0.25, 0.3) is 5.91 Å². The van der Waals surface area contributed by atoms with E-state index in [-0.39, 0.29) is 24.0 Å². The molecule has 2 saturated heterocycles. The summed E-state index contributed by atoms with van der Waals surface area (Å²) in [5, 5.41) is 0. The highest BCUT2D eigenvalue weighted by molar-refractivity contribution is 5.97. The highest BCUT2D eigenvalue weighted by Crippen LogP contribution is 2.28. The van der Waals surface area contributed by atoms with Crippen LogP contribution >= 0.6 is 0 Å². The number of benzene rings is 1. The number of carbonyl (C=O) groups excluding carboxylic acids is 2. The normalized spacial score (nSPS) is 25.8. The molecule has 3 aliphatic heterocycles. The molecule has 7 nitrogen and oxygen atoms in total. The van der Waals surface area contributed by atoms with Crippen LogP contribution in [0.1, 0.15) is 75.1 Å². The average molecular weight is 500 g/mol. The number of amides is 2. The van der Waals surface area contributed by atoms with E-state index in [1.165, 1.54) is 12.8 Å². The summed E-state index contributed by atoms with van der Waals surface area (Å²) in [6, 6.07) is 7.54. The number of hydrogen-bond donors (Lipinski definition) is 0. The van der Waals surface area contributed by atoms with Gasteiger partial charge in [0, 0.05) is 26.1 Å². The summed E-state index contributed by atoms with van der Waals surface area (Å²) in [6.07, 6.45) is 9.05. The second-order valence-electron chi connectivity index (χ2n) is 10.8. The van der Waals surface area contributed by atoms with E-state index in [1.54, 1.807) is 0 Å². The Labute approximate surface area is 217 Å². The Morgan fingerprint density at radius 1 is 0.944 bits per heavy atom. The van der Waals surface area contributed by atoms with Gasteiger partial charge in [-0.3, -0.25) is 9.59 Å². The lowest BCUT2D eigenvalue weighted by atomic mass is 9.93. The second-order valence-corrected chi connectivity index (χ2v) is 10.8. The van der Waals surface area contributed by atoms with Crippen LogP contribution in [0, 0.1) is 5.92 Å². The van der Waals surface area contributed by atoms with E-state index < -0.39 is 0 Å². The van der Waals surface area contributed by atoms with Gasteiger partial charge in [-0.05, 0) is 70.8 Å². The van der Waals surface area contributed by atoms with Gasteiger partial charge in [-0.2, -0.15) is 0 Å². The van der Waals surface area contributed by atoms with Crippen LogP contribution in [0.4, 0.5) is 0 Å². The van der Waals surface area contributed by atoms with Gasteiger partial charge >= 0.3 is 0 Å². The maximum absolute atomic E-state index is 13.4. The van der Waals surface area contributed by atoms with Crippen molar-refractivity contribution in [3.05, 3.63) is 29.8 Å². The lowest BCUT2D eigenvalue weighted by Crippen LogP contribution is -2.36. The van der Waals surface area contributed by atoms with Crippen molar-refractivity contribution in [1.82, 2.24) is 14.7 Å². The van der Waals surface area contributed by atoms with Gasteiger partial charge in [-0.1, -0.05) is 37.8 Å². The van der Waals surface area contributed by atoms with Gasteiger partial charge < -0.3 is 24.2 Å². The van der Waals surface area contributed by atoms with Crippen molar-refractivity contribution >= 4 is 11.8 Å². The zero-order valence-electron chi connectivity index (χ0n) is 22.3. The molecule has 1 aromatic carbocycles. The van der Waals surface area contributed by atoms with Crippen LogP contribution < -0.4 is 4.74 Å². The van der Waals surface area contributed by atoms with Crippen LogP contribution in [0.2, 0.25) is 0 Å². The van der Waals surface area contributed by atoms with Gasteiger partial charge in [0.15, 0.2) is 0 Å². The lowest BCUT2D eigenvalue weighted by Gasteiger charge is -2.29. The molecule has 0 aromatic heterocycles. The Kier molecular flexibility index (Phi) is 10.0. The van der Waals surface area contributed by atoms with Gasteiger partial charge in [-0.25, -0.2) is 0 Å². The molecule has 0 N–H and O–H groups in total. The van der Waals surface area contributed by atoms with Gasteiger partial charge in [0.1, 0.15) is 18.0 Å². The Morgan fingerprint density at radius 3 is 2.42 bits per heavy atom. The monoisotopic (exact) mass is 499 g/mol. The topological polar surface area (TPSA) is 62.3 Å². The molecular formula is C29H45N3O4. The standard InChI is InChI=1S/C29H45N3O4/c1-3-31-16-10-6-4-5-7-11-19-35-26-21-32(28(33)20-23-14-17-30(2)18-15-23)22-27(26)36-25-13-9-8-12-24(25)29(31)34/h8-9,12-13,23,26-27H,3-7,10-11,14-22H2,1-2H3/t26-,27-/m1/s1. The summed E-state index contributed by atoms with van der Waals surface area (Å²) in [7, 11) is 2.15. The molecule has 200 valence electrons. The molecule has 3 heterocycles. The van der Waals surface area contributed by atoms with E-state index >= 15 is 0 Å². The first-order chi connectivity index (χ1) is 17.5. The minimum atomic E-state index is -0.275. The number of carbonyl (C=O) groups is 2. The summed E-state index contributed by atoms with van der Waals surface area (Å²) in [6.45, 7) is 7.38. The smallest absolute Gasteiger partial charge is 0.257 e. The minimum absolute atomic E-state index is 0.0193.